The number of rotatable bonds is 5. The SMILES string of the molecule is Cc1cccc(C)c1OCC(=O)OC(C)(C)C1CCNCC1. The lowest BCUT2D eigenvalue weighted by molar-refractivity contribution is -0.165. The molecule has 0 atom stereocenters. The highest BCUT2D eigenvalue weighted by Crippen LogP contribution is 2.29. The van der Waals surface area contributed by atoms with E-state index < -0.39 is 5.60 Å². The standard InChI is InChI=1S/C18H27NO3/c1-13-6-5-7-14(2)17(13)21-12-16(20)22-18(3,4)15-8-10-19-11-9-15/h5-7,15,19H,8-12H2,1-4H3. The van der Waals surface area contributed by atoms with Gasteiger partial charge in [0.15, 0.2) is 6.61 Å². The third kappa shape index (κ3) is 4.23. The molecule has 1 aromatic carbocycles. The molecule has 1 N–H and O–H groups in total. The third-order valence-corrected chi connectivity index (χ3v) is 4.44. The second-order valence-electron chi connectivity index (χ2n) is 6.61. The van der Waals surface area contributed by atoms with Crippen LogP contribution in [0.15, 0.2) is 18.2 Å². The van der Waals surface area contributed by atoms with Crippen LogP contribution in [-0.2, 0) is 9.53 Å². The van der Waals surface area contributed by atoms with Gasteiger partial charge in [0.2, 0.25) is 0 Å². The van der Waals surface area contributed by atoms with Crippen molar-refractivity contribution >= 4 is 5.97 Å². The molecule has 1 aliphatic heterocycles. The number of aryl methyl sites for hydroxylation is 2. The fraction of sp³-hybridized carbons (Fsp3) is 0.611. The highest BCUT2D eigenvalue weighted by atomic mass is 16.6. The van der Waals surface area contributed by atoms with Gasteiger partial charge in [-0.2, -0.15) is 0 Å². The van der Waals surface area contributed by atoms with Crippen LogP contribution < -0.4 is 10.1 Å². The van der Waals surface area contributed by atoms with Crippen molar-refractivity contribution in [3.63, 3.8) is 0 Å². The minimum absolute atomic E-state index is 0.0416. The minimum atomic E-state index is -0.441. The number of benzene rings is 1. The van der Waals surface area contributed by atoms with Crippen molar-refractivity contribution in [3.05, 3.63) is 29.3 Å². The molecule has 1 aliphatic rings. The van der Waals surface area contributed by atoms with Gasteiger partial charge in [0.05, 0.1) is 0 Å². The molecule has 1 fully saturated rings. The number of para-hydroxylation sites is 1. The zero-order valence-electron chi connectivity index (χ0n) is 14.1. The molecule has 0 aromatic heterocycles. The lowest BCUT2D eigenvalue weighted by Crippen LogP contribution is -2.43. The normalized spacial score (nSPS) is 16.4. The van der Waals surface area contributed by atoms with E-state index in [0.29, 0.717) is 5.92 Å². The first kappa shape index (κ1) is 16.8. The zero-order chi connectivity index (χ0) is 16.2. The number of carbonyl (C=O) groups excluding carboxylic acids is 1. The Hall–Kier alpha value is -1.55. The molecule has 0 unspecified atom stereocenters. The van der Waals surface area contributed by atoms with Crippen molar-refractivity contribution in [1.82, 2.24) is 5.32 Å². The van der Waals surface area contributed by atoms with Crippen LogP contribution in [0, 0.1) is 19.8 Å². The molecular weight excluding hydrogens is 278 g/mol. The Labute approximate surface area is 133 Å². The van der Waals surface area contributed by atoms with Gasteiger partial charge < -0.3 is 14.8 Å². The first-order valence-corrected chi connectivity index (χ1v) is 8.02. The van der Waals surface area contributed by atoms with Crippen LogP contribution in [0.1, 0.15) is 37.8 Å². The number of hydrogen-bond acceptors (Lipinski definition) is 4. The first-order valence-electron chi connectivity index (χ1n) is 8.02. The lowest BCUT2D eigenvalue weighted by atomic mass is 9.83. The largest absolute Gasteiger partial charge is 0.481 e. The van der Waals surface area contributed by atoms with E-state index in [2.05, 4.69) is 5.32 Å². The Morgan fingerprint density at radius 1 is 1.23 bits per heavy atom. The fourth-order valence-corrected chi connectivity index (χ4v) is 3.08. The van der Waals surface area contributed by atoms with Gasteiger partial charge in [-0.15, -0.1) is 0 Å². The maximum Gasteiger partial charge on any atom is 0.344 e. The monoisotopic (exact) mass is 305 g/mol. The second-order valence-corrected chi connectivity index (χ2v) is 6.61. The van der Waals surface area contributed by atoms with Gasteiger partial charge >= 0.3 is 5.97 Å². The summed E-state index contributed by atoms with van der Waals surface area (Å²) < 4.78 is 11.4. The summed E-state index contributed by atoms with van der Waals surface area (Å²) in [6.07, 6.45) is 2.08. The number of carbonyl (C=O) groups is 1. The molecule has 4 nitrogen and oxygen atoms in total. The topological polar surface area (TPSA) is 47.6 Å². The van der Waals surface area contributed by atoms with Gasteiger partial charge in [0.25, 0.3) is 0 Å². The minimum Gasteiger partial charge on any atom is -0.481 e. The van der Waals surface area contributed by atoms with Crippen molar-refractivity contribution in [1.29, 1.82) is 0 Å². The summed E-state index contributed by atoms with van der Waals surface area (Å²) in [5, 5.41) is 3.33. The predicted molar refractivity (Wildman–Crippen MR) is 87.2 cm³/mol. The molecule has 0 saturated carbocycles. The number of ether oxygens (including phenoxy) is 2. The smallest absolute Gasteiger partial charge is 0.344 e. The Morgan fingerprint density at radius 3 is 2.41 bits per heavy atom. The first-order chi connectivity index (χ1) is 10.4. The summed E-state index contributed by atoms with van der Waals surface area (Å²) in [4.78, 5) is 12.1. The maximum absolute atomic E-state index is 12.1. The maximum atomic E-state index is 12.1. The summed E-state index contributed by atoms with van der Waals surface area (Å²) in [6.45, 7) is 9.90. The average Bonchev–Trinajstić information content (AvgIpc) is 2.47. The predicted octanol–water partition coefficient (Wildman–Crippen LogP) is 3.00. The Balaban J connectivity index is 1.89. The zero-order valence-corrected chi connectivity index (χ0v) is 14.1. The van der Waals surface area contributed by atoms with E-state index >= 15 is 0 Å². The van der Waals surface area contributed by atoms with Crippen molar-refractivity contribution in [2.24, 2.45) is 5.92 Å². The van der Waals surface area contributed by atoms with E-state index in [1.165, 1.54) is 0 Å². The van der Waals surface area contributed by atoms with Crippen LogP contribution in [0.2, 0.25) is 0 Å². The van der Waals surface area contributed by atoms with Gasteiger partial charge in [0.1, 0.15) is 11.4 Å². The Bertz CT molecular complexity index is 499. The molecule has 122 valence electrons. The van der Waals surface area contributed by atoms with Gasteiger partial charge in [-0.25, -0.2) is 4.79 Å². The van der Waals surface area contributed by atoms with Gasteiger partial charge in [0, 0.05) is 5.92 Å². The summed E-state index contributed by atoms with van der Waals surface area (Å²) in [7, 11) is 0. The molecule has 1 saturated heterocycles. The van der Waals surface area contributed by atoms with E-state index in [-0.39, 0.29) is 12.6 Å². The highest BCUT2D eigenvalue weighted by molar-refractivity contribution is 5.71. The van der Waals surface area contributed by atoms with Crippen molar-refractivity contribution in [2.75, 3.05) is 19.7 Å². The number of piperidine rings is 1. The molecule has 1 heterocycles. The van der Waals surface area contributed by atoms with Crippen LogP contribution in [0.3, 0.4) is 0 Å². The summed E-state index contributed by atoms with van der Waals surface area (Å²) in [5.41, 5.74) is 1.62. The van der Waals surface area contributed by atoms with Crippen LogP contribution >= 0.6 is 0 Å². The van der Waals surface area contributed by atoms with E-state index in [4.69, 9.17) is 9.47 Å². The molecule has 4 heteroatoms. The Morgan fingerprint density at radius 2 is 1.82 bits per heavy atom. The van der Waals surface area contributed by atoms with Gasteiger partial charge in [-0.05, 0) is 64.8 Å². The molecule has 0 bridgehead atoms. The van der Waals surface area contributed by atoms with Crippen LogP contribution in [0.4, 0.5) is 0 Å². The average molecular weight is 305 g/mol. The molecule has 0 spiro atoms. The summed E-state index contributed by atoms with van der Waals surface area (Å²) >= 11 is 0. The molecular formula is C18H27NO3. The molecule has 2 rings (SSSR count). The van der Waals surface area contributed by atoms with E-state index in [9.17, 15) is 4.79 Å². The molecule has 0 radical (unpaired) electrons. The number of esters is 1. The highest BCUT2D eigenvalue weighted by Gasteiger charge is 2.34. The Kier molecular flexibility index (Phi) is 5.46. The van der Waals surface area contributed by atoms with Gasteiger partial charge in [-0.1, -0.05) is 18.2 Å². The number of hydrogen-bond donors (Lipinski definition) is 1. The third-order valence-electron chi connectivity index (χ3n) is 4.44. The summed E-state index contributed by atoms with van der Waals surface area (Å²) in [5.74, 6) is 0.878. The van der Waals surface area contributed by atoms with E-state index in [1.54, 1.807) is 0 Å². The lowest BCUT2D eigenvalue weighted by Gasteiger charge is -2.36. The van der Waals surface area contributed by atoms with Crippen molar-refractivity contribution in [3.8, 4) is 5.75 Å². The fourth-order valence-electron chi connectivity index (χ4n) is 3.08. The molecule has 0 aliphatic carbocycles. The molecule has 0 amide bonds. The van der Waals surface area contributed by atoms with Gasteiger partial charge in [-0.3, -0.25) is 0 Å². The van der Waals surface area contributed by atoms with Crippen LogP contribution in [-0.4, -0.2) is 31.3 Å². The second kappa shape index (κ2) is 7.14. The van der Waals surface area contributed by atoms with E-state index in [1.807, 2.05) is 45.9 Å². The number of nitrogens with one attached hydrogen (secondary N) is 1. The summed E-state index contributed by atoms with van der Waals surface area (Å²) in [6, 6.07) is 5.94. The quantitative estimate of drug-likeness (QED) is 0.850. The van der Waals surface area contributed by atoms with E-state index in [0.717, 1.165) is 42.8 Å². The molecule has 22 heavy (non-hydrogen) atoms. The van der Waals surface area contributed by atoms with Crippen molar-refractivity contribution in [2.45, 2.75) is 46.1 Å². The molecule has 1 aromatic rings. The van der Waals surface area contributed by atoms with Crippen molar-refractivity contribution < 1.29 is 14.3 Å². The van der Waals surface area contributed by atoms with Crippen LogP contribution in [0.5, 0.6) is 5.75 Å². The van der Waals surface area contributed by atoms with Crippen LogP contribution in [0.25, 0.3) is 0 Å².